The molecule has 1 aliphatic rings. The van der Waals surface area contributed by atoms with Crippen LogP contribution in [-0.4, -0.2) is 56.1 Å². The van der Waals surface area contributed by atoms with Crippen molar-refractivity contribution in [2.45, 2.75) is 25.8 Å². The van der Waals surface area contributed by atoms with Gasteiger partial charge in [-0.05, 0) is 32.0 Å². The number of nitrogens with zero attached hydrogens (tertiary/aromatic N) is 1. The highest BCUT2D eigenvalue weighted by Crippen LogP contribution is 2.35. The number of likely N-dealkylation sites (tertiary alicyclic amines) is 1. The first kappa shape index (κ1) is 20.4. The van der Waals surface area contributed by atoms with E-state index < -0.39 is 0 Å². The van der Waals surface area contributed by atoms with Crippen LogP contribution in [0.4, 0.5) is 10.5 Å². The molecule has 1 saturated heterocycles. The highest BCUT2D eigenvalue weighted by atomic mass is 35.5. The van der Waals surface area contributed by atoms with Gasteiger partial charge in [-0.2, -0.15) is 0 Å². The maximum atomic E-state index is 11.7. The Bertz CT molecular complexity index is 651. The topological polar surface area (TPSA) is 72.1 Å². The van der Waals surface area contributed by atoms with Crippen molar-refractivity contribution in [2.75, 3.05) is 39.2 Å². The van der Waals surface area contributed by atoms with Crippen LogP contribution in [0.2, 0.25) is 5.02 Å². The van der Waals surface area contributed by atoms with Crippen LogP contribution in [0.15, 0.2) is 12.1 Å². The number of carbonyl (C=O) groups excluding carboxylic acids is 1. The van der Waals surface area contributed by atoms with Crippen molar-refractivity contribution in [3.63, 3.8) is 0 Å². The number of hydrogen-bond donors (Lipinski definition) is 2. The van der Waals surface area contributed by atoms with E-state index in [1.54, 1.807) is 38.2 Å². The van der Waals surface area contributed by atoms with E-state index >= 15 is 0 Å². The predicted octanol–water partition coefficient (Wildman–Crippen LogP) is 3.26. The van der Waals surface area contributed by atoms with Crippen LogP contribution >= 0.6 is 23.8 Å². The van der Waals surface area contributed by atoms with Crippen LogP contribution in [0.5, 0.6) is 11.5 Å². The zero-order valence-corrected chi connectivity index (χ0v) is 16.7. The zero-order chi connectivity index (χ0) is 19.1. The number of thiocarbonyl (C=S) groups is 1. The Morgan fingerprint density at radius 3 is 2.50 bits per heavy atom. The van der Waals surface area contributed by atoms with Crippen molar-refractivity contribution in [2.24, 2.45) is 0 Å². The van der Waals surface area contributed by atoms with Crippen LogP contribution in [0.25, 0.3) is 0 Å². The minimum Gasteiger partial charge on any atom is -0.495 e. The van der Waals surface area contributed by atoms with Gasteiger partial charge in [0.25, 0.3) is 0 Å². The van der Waals surface area contributed by atoms with Gasteiger partial charge in [0.1, 0.15) is 11.5 Å². The van der Waals surface area contributed by atoms with Gasteiger partial charge in [0.2, 0.25) is 0 Å². The zero-order valence-electron chi connectivity index (χ0n) is 15.1. The maximum Gasteiger partial charge on any atom is 0.409 e. The van der Waals surface area contributed by atoms with E-state index in [2.05, 4.69) is 10.6 Å². The fourth-order valence-corrected chi connectivity index (χ4v) is 3.23. The number of anilines is 1. The number of halogens is 1. The summed E-state index contributed by atoms with van der Waals surface area (Å²) in [4.78, 5) is 13.4. The Hall–Kier alpha value is -1.93. The van der Waals surface area contributed by atoms with Gasteiger partial charge >= 0.3 is 6.09 Å². The fourth-order valence-electron chi connectivity index (χ4n) is 2.72. The molecule has 1 fully saturated rings. The Morgan fingerprint density at radius 2 is 1.92 bits per heavy atom. The van der Waals surface area contributed by atoms with E-state index in [-0.39, 0.29) is 12.1 Å². The number of methoxy groups -OCH3 is 2. The second-order valence-electron chi connectivity index (χ2n) is 5.75. The van der Waals surface area contributed by atoms with Crippen LogP contribution < -0.4 is 20.1 Å². The number of hydrogen-bond acceptors (Lipinski definition) is 5. The fraction of sp³-hybridized carbons (Fsp3) is 0.529. The molecule has 0 aromatic heterocycles. The summed E-state index contributed by atoms with van der Waals surface area (Å²) < 4.78 is 15.6. The van der Waals surface area contributed by atoms with Crippen molar-refractivity contribution in [3.05, 3.63) is 17.2 Å². The average Bonchev–Trinajstić information content (AvgIpc) is 2.63. The lowest BCUT2D eigenvalue weighted by atomic mass is 10.1. The van der Waals surface area contributed by atoms with Crippen LogP contribution in [0.3, 0.4) is 0 Å². The van der Waals surface area contributed by atoms with Crippen molar-refractivity contribution >= 4 is 40.7 Å². The molecule has 0 spiro atoms. The molecule has 0 unspecified atom stereocenters. The van der Waals surface area contributed by atoms with Gasteiger partial charge in [-0.15, -0.1) is 0 Å². The minimum atomic E-state index is -0.260. The first-order valence-electron chi connectivity index (χ1n) is 8.39. The number of ether oxygens (including phenoxy) is 3. The normalized spacial score (nSPS) is 14.5. The summed E-state index contributed by atoms with van der Waals surface area (Å²) in [7, 11) is 3.11. The lowest BCUT2D eigenvalue weighted by Gasteiger charge is -2.32. The summed E-state index contributed by atoms with van der Waals surface area (Å²) in [6, 6.07) is 3.59. The number of amides is 1. The van der Waals surface area contributed by atoms with Crippen LogP contribution in [-0.2, 0) is 4.74 Å². The molecular formula is C17H24ClN3O4S. The molecule has 0 aliphatic carbocycles. The molecular weight excluding hydrogens is 378 g/mol. The third kappa shape index (κ3) is 5.28. The molecule has 1 aliphatic heterocycles. The summed E-state index contributed by atoms with van der Waals surface area (Å²) in [6.45, 7) is 3.46. The second-order valence-corrected chi connectivity index (χ2v) is 6.56. The summed E-state index contributed by atoms with van der Waals surface area (Å²) in [5.74, 6) is 1.09. The number of benzene rings is 1. The van der Waals surface area contributed by atoms with Crippen molar-refractivity contribution in [1.29, 1.82) is 0 Å². The average molecular weight is 402 g/mol. The van der Waals surface area contributed by atoms with Gasteiger partial charge in [-0.1, -0.05) is 11.6 Å². The van der Waals surface area contributed by atoms with E-state index in [9.17, 15) is 4.79 Å². The van der Waals surface area contributed by atoms with Crippen LogP contribution in [0.1, 0.15) is 19.8 Å². The summed E-state index contributed by atoms with van der Waals surface area (Å²) >= 11 is 11.5. The molecule has 0 saturated carbocycles. The Balaban J connectivity index is 1.91. The summed E-state index contributed by atoms with van der Waals surface area (Å²) in [5, 5.41) is 7.32. The number of nitrogens with one attached hydrogen (secondary N) is 2. The molecule has 0 radical (unpaired) electrons. The molecule has 144 valence electrons. The minimum absolute atomic E-state index is 0.181. The first-order valence-corrected chi connectivity index (χ1v) is 9.17. The predicted molar refractivity (Wildman–Crippen MR) is 106 cm³/mol. The van der Waals surface area contributed by atoms with E-state index in [1.165, 1.54) is 0 Å². The molecule has 1 amide bonds. The van der Waals surface area contributed by atoms with Crippen molar-refractivity contribution < 1.29 is 19.0 Å². The molecule has 1 aromatic carbocycles. The van der Waals surface area contributed by atoms with Gasteiger partial charge in [-0.25, -0.2) is 4.79 Å². The summed E-state index contributed by atoms with van der Waals surface area (Å²) in [6.07, 6.45) is 1.33. The first-order chi connectivity index (χ1) is 12.5. The molecule has 9 heteroatoms. The molecule has 26 heavy (non-hydrogen) atoms. The molecule has 1 aromatic rings. The molecule has 7 nitrogen and oxygen atoms in total. The Kier molecular flexibility index (Phi) is 7.59. The van der Waals surface area contributed by atoms with E-state index in [4.69, 9.17) is 38.0 Å². The Labute approximate surface area is 163 Å². The van der Waals surface area contributed by atoms with E-state index in [0.29, 0.717) is 47.0 Å². The molecule has 0 bridgehead atoms. The van der Waals surface area contributed by atoms with Crippen molar-refractivity contribution in [3.8, 4) is 11.5 Å². The molecule has 2 N–H and O–H groups in total. The standard InChI is InChI=1S/C17H24ClN3O4S/c1-4-25-17(22)21-7-5-11(6-8-21)19-16(26)20-13-10-14(23-2)12(18)9-15(13)24-3/h9-11H,4-8H2,1-3H3,(H2,19,20,26). The monoisotopic (exact) mass is 401 g/mol. The lowest BCUT2D eigenvalue weighted by molar-refractivity contribution is 0.0964. The van der Waals surface area contributed by atoms with Gasteiger partial charge in [0.05, 0.1) is 31.5 Å². The highest BCUT2D eigenvalue weighted by Gasteiger charge is 2.24. The molecule has 2 rings (SSSR count). The number of rotatable bonds is 5. The van der Waals surface area contributed by atoms with Crippen molar-refractivity contribution in [1.82, 2.24) is 10.2 Å². The maximum absolute atomic E-state index is 11.7. The summed E-state index contributed by atoms with van der Waals surface area (Å²) in [5.41, 5.74) is 0.662. The number of carbonyl (C=O) groups is 1. The quantitative estimate of drug-likeness (QED) is 0.733. The van der Waals surface area contributed by atoms with E-state index in [1.807, 2.05) is 0 Å². The third-order valence-corrected chi connectivity index (χ3v) is 4.59. The second kappa shape index (κ2) is 9.68. The SMILES string of the molecule is CCOC(=O)N1CCC(NC(=S)Nc2cc(OC)c(Cl)cc2OC)CC1. The largest absolute Gasteiger partial charge is 0.495 e. The molecule has 1 heterocycles. The van der Waals surface area contributed by atoms with Gasteiger partial charge in [-0.3, -0.25) is 0 Å². The lowest BCUT2D eigenvalue weighted by Crippen LogP contribution is -2.47. The third-order valence-electron chi connectivity index (χ3n) is 4.08. The highest BCUT2D eigenvalue weighted by molar-refractivity contribution is 7.80. The Morgan fingerprint density at radius 1 is 1.27 bits per heavy atom. The van der Waals surface area contributed by atoms with E-state index in [0.717, 1.165) is 12.8 Å². The van der Waals surface area contributed by atoms with Gasteiger partial charge < -0.3 is 29.7 Å². The number of piperidine rings is 1. The van der Waals surface area contributed by atoms with Gasteiger partial charge in [0, 0.05) is 31.3 Å². The molecule has 0 atom stereocenters. The smallest absolute Gasteiger partial charge is 0.409 e. The van der Waals surface area contributed by atoms with Gasteiger partial charge in [0.15, 0.2) is 5.11 Å². The van der Waals surface area contributed by atoms with Crippen LogP contribution in [0, 0.1) is 0 Å².